The molecule has 0 bridgehead atoms. The number of benzene rings is 5. The minimum Gasteiger partial charge on any atom is -0.423 e. The van der Waals surface area contributed by atoms with Gasteiger partial charge in [-0.2, -0.15) is 0 Å². The van der Waals surface area contributed by atoms with Crippen molar-refractivity contribution in [2.24, 2.45) is 0 Å². The molecular weight excluding hydrogens is 1070 g/mol. The first-order valence-electron chi connectivity index (χ1n) is 17.3. The van der Waals surface area contributed by atoms with Crippen molar-refractivity contribution in [3.8, 4) is 22.6 Å². The van der Waals surface area contributed by atoms with Gasteiger partial charge in [0.25, 0.3) is 0 Å². The van der Waals surface area contributed by atoms with Crippen LogP contribution >= 0.6 is 42.5 Å². The molecule has 0 saturated carbocycles. The molecule has 0 atom stereocenters. The van der Waals surface area contributed by atoms with Crippen molar-refractivity contribution in [1.82, 2.24) is 0 Å². The van der Waals surface area contributed by atoms with Crippen LogP contribution in [0.1, 0.15) is 16.7 Å². The van der Waals surface area contributed by atoms with Gasteiger partial charge in [0.2, 0.25) is 29.1 Å². The van der Waals surface area contributed by atoms with Gasteiger partial charge in [-0.05, 0) is 127 Å². The molecule has 5 aromatic rings. The third-order valence-corrected chi connectivity index (χ3v) is 9.93. The van der Waals surface area contributed by atoms with E-state index in [0.717, 1.165) is 51.1 Å². The van der Waals surface area contributed by atoms with Crippen molar-refractivity contribution in [3.05, 3.63) is 129 Å². The highest BCUT2D eigenvalue weighted by atomic mass is 79.9. The first-order valence-corrected chi connectivity index (χ1v) is 25.4. The molecule has 0 saturated heterocycles. The number of ether oxygens (including phenoxy) is 2. The average Bonchev–Trinajstić information content (AvgIpc) is 3.09. The summed E-state index contributed by atoms with van der Waals surface area (Å²) in [6.45, 7) is 5.65. The van der Waals surface area contributed by atoms with Crippen molar-refractivity contribution < 1.29 is 71.1 Å². The number of hydrogen-bond acceptors (Lipinski definition) is 11. The van der Waals surface area contributed by atoms with Crippen LogP contribution < -0.4 is 30.1 Å². The lowest BCUT2D eigenvalue weighted by molar-refractivity contribution is -0.275. The quantitative estimate of drug-likeness (QED) is 0.0429. The maximum atomic E-state index is 12.3. The van der Waals surface area contributed by atoms with Crippen LogP contribution in [0.2, 0.25) is 0 Å². The minimum atomic E-state index is -4.78. The molecule has 0 fully saturated rings. The zero-order chi connectivity index (χ0) is 49.4. The molecule has 0 radical (unpaired) electrons. The van der Waals surface area contributed by atoms with Gasteiger partial charge in [-0.1, -0.05) is 62.2 Å². The molecule has 0 amide bonds. The van der Waals surface area contributed by atoms with Gasteiger partial charge < -0.3 is 25.3 Å². The van der Waals surface area contributed by atoms with Gasteiger partial charge in [0, 0.05) is 36.7 Å². The van der Waals surface area contributed by atoms with E-state index in [2.05, 4.69) is 61.5 Å². The molecule has 0 spiro atoms. The predicted octanol–water partition coefficient (Wildman–Crippen LogP) is 8.85. The van der Waals surface area contributed by atoms with E-state index in [9.17, 15) is 51.6 Å². The van der Waals surface area contributed by atoms with Crippen LogP contribution in [0.15, 0.2) is 112 Å². The number of hydrogen-bond donors (Lipinski definition) is 5. The standard InChI is InChI=1S/C15H14F3NO3S.C8H10BrNO2S.C7H6BF3O3.C7H8BrN.CH3ClO2S/c1-10-8-12(19-23(2,20)21)6-7-14(10)11-4-3-5-13(9-11)22-15(16,17)18;1-6-5-7(3-4-8(6)9)10-13(2,11)12;9-7(10,11)14-6-3-1-2-5(4-6)8(12)13;1-5-4-6(9)2-3-7(5)8;1-5(2,3)4/h3-9,19H,1-2H3;3-5,10H,1-2H3;1-4,12-13H;2-4H,9H2,1H3;1H3. The summed E-state index contributed by atoms with van der Waals surface area (Å²) in [6.07, 6.45) is -6.44. The van der Waals surface area contributed by atoms with E-state index >= 15 is 0 Å². The molecule has 0 unspecified atom stereocenters. The zero-order valence-corrected chi connectivity index (χ0v) is 40.6. The number of nitrogens with two attached hydrogens (primary N) is 1. The molecule has 0 heterocycles. The Bertz CT molecular complexity index is 2660. The molecule has 0 aromatic heterocycles. The molecule has 0 aliphatic rings. The van der Waals surface area contributed by atoms with Crippen LogP contribution in [0.25, 0.3) is 11.1 Å². The fourth-order valence-corrected chi connectivity index (χ4v) is 6.19. The first-order chi connectivity index (χ1) is 29.0. The maximum absolute atomic E-state index is 12.3. The Kier molecular flexibility index (Phi) is 22.5. The molecule has 64 heavy (non-hydrogen) atoms. The summed E-state index contributed by atoms with van der Waals surface area (Å²) in [5.74, 6) is -0.796. The topological polar surface area (TPSA) is 211 Å². The van der Waals surface area contributed by atoms with E-state index in [0.29, 0.717) is 28.1 Å². The number of nitrogens with one attached hydrogen (secondary N) is 2. The fraction of sp³-hybridized carbons (Fsp3) is 0.211. The van der Waals surface area contributed by atoms with Gasteiger partial charge in [0.15, 0.2) is 0 Å². The van der Waals surface area contributed by atoms with E-state index in [-0.39, 0.29) is 11.2 Å². The van der Waals surface area contributed by atoms with Gasteiger partial charge in [0.1, 0.15) is 11.5 Å². The molecule has 0 aliphatic carbocycles. The number of alkyl halides is 6. The Morgan fingerprint density at radius 1 is 0.609 bits per heavy atom. The largest absolute Gasteiger partial charge is 0.573 e. The van der Waals surface area contributed by atoms with Crippen molar-refractivity contribution >= 4 is 101 Å². The summed E-state index contributed by atoms with van der Waals surface area (Å²) >= 11 is 6.71. The Balaban J connectivity index is 0.000000433. The lowest BCUT2D eigenvalue weighted by Gasteiger charge is -2.12. The molecule has 5 rings (SSSR count). The highest BCUT2D eigenvalue weighted by molar-refractivity contribution is 9.10. The third kappa shape index (κ3) is 27.2. The van der Waals surface area contributed by atoms with E-state index in [1.165, 1.54) is 35.9 Å². The number of sulfonamides is 2. The molecular formula is C38H41BBr2ClF6N3O10S3. The average molecular weight is 1120 g/mol. The number of rotatable bonds is 8. The number of aryl methyl sites for hydroxylation is 3. The number of nitrogen functional groups attached to an aromatic ring is 1. The predicted molar refractivity (Wildman–Crippen MR) is 246 cm³/mol. The Morgan fingerprint density at radius 3 is 1.41 bits per heavy atom. The second-order valence-electron chi connectivity index (χ2n) is 13.0. The molecule has 13 nitrogen and oxygen atoms in total. The summed E-state index contributed by atoms with van der Waals surface area (Å²) < 4.78 is 149. The van der Waals surface area contributed by atoms with Gasteiger partial charge in [-0.15, -0.1) is 26.3 Å². The molecule has 0 aliphatic heterocycles. The molecule has 6 N–H and O–H groups in total. The van der Waals surface area contributed by atoms with Crippen LogP contribution in [0.3, 0.4) is 0 Å². The second-order valence-corrected chi connectivity index (χ2v) is 21.3. The maximum Gasteiger partial charge on any atom is 0.573 e. The third-order valence-electron chi connectivity index (χ3n) is 6.94. The Labute approximate surface area is 388 Å². The van der Waals surface area contributed by atoms with E-state index < -0.39 is 54.7 Å². The van der Waals surface area contributed by atoms with Crippen molar-refractivity contribution in [2.45, 2.75) is 33.5 Å². The summed E-state index contributed by atoms with van der Waals surface area (Å²) in [5, 5.41) is 17.3. The van der Waals surface area contributed by atoms with Gasteiger partial charge in [-0.25, -0.2) is 25.3 Å². The van der Waals surface area contributed by atoms with Gasteiger partial charge in [-0.3, -0.25) is 9.44 Å². The highest BCUT2D eigenvalue weighted by Crippen LogP contribution is 2.31. The van der Waals surface area contributed by atoms with E-state index in [1.54, 1.807) is 43.3 Å². The Hall–Kier alpha value is -4.24. The number of halogens is 9. The van der Waals surface area contributed by atoms with Crippen LogP contribution in [0, 0.1) is 20.8 Å². The molecule has 26 heteroatoms. The number of anilines is 3. The monoisotopic (exact) mass is 1110 g/mol. The van der Waals surface area contributed by atoms with Crippen LogP contribution in [-0.4, -0.2) is 73.9 Å². The Morgan fingerprint density at radius 2 is 1.02 bits per heavy atom. The van der Waals surface area contributed by atoms with E-state index in [1.807, 2.05) is 38.1 Å². The van der Waals surface area contributed by atoms with Crippen LogP contribution in [0.5, 0.6) is 11.5 Å². The van der Waals surface area contributed by atoms with Crippen molar-refractivity contribution in [1.29, 1.82) is 0 Å². The smallest absolute Gasteiger partial charge is 0.423 e. The summed E-state index contributed by atoms with van der Waals surface area (Å²) in [6, 6.07) is 25.9. The zero-order valence-electron chi connectivity index (χ0n) is 34.3. The van der Waals surface area contributed by atoms with Crippen molar-refractivity contribution in [2.75, 3.05) is 33.9 Å². The first kappa shape index (κ1) is 57.8. The fourth-order valence-electron chi connectivity index (χ4n) is 4.59. The van der Waals surface area contributed by atoms with Crippen molar-refractivity contribution in [3.63, 3.8) is 0 Å². The normalized spacial score (nSPS) is 11.3. The summed E-state index contributed by atoms with van der Waals surface area (Å²) in [7, 11) is -7.07. The van der Waals surface area contributed by atoms with E-state index in [4.69, 9.17) is 15.8 Å². The lowest BCUT2D eigenvalue weighted by Crippen LogP contribution is -2.30. The molecule has 5 aromatic carbocycles. The van der Waals surface area contributed by atoms with Gasteiger partial charge in [0.05, 0.1) is 18.8 Å². The second kappa shape index (κ2) is 24.9. The SMILES string of the molecule is CS(=O)(=O)Cl.Cc1cc(N)ccc1Br.Cc1cc(NS(C)(=O)=O)ccc1-c1cccc(OC(F)(F)F)c1.Cc1cc(NS(C)(=O)=O)ccc1Br.OB(O)c1cccc(OC(F)(F)F)c1. The highest BCUT2D eigenvalue weighted by Gasteiger charge is 2.32. The van der Waals surface area contributed by atoms with Crippen LogP contribution in [-0.2, 0) is 29.1 Å². The summed E-state index contributed by atoms with van der Waals surface area (Å²) in [4.78, 5) is 0. The molecule has 352 valence electrons. The van der Waals surface area contributed by atoms with Crippen LogP contribution in [0.4, 0.5) is 43.4 Å². The summed E-state index contributed by atoms with van der Waals surface area (Å²) in [5.41, 5.74) is 11.3. The minimum absolute atomic E-state index is 0.0632. The lowest BCUT2D eigenvalue weighted by atomic mass is 9.80. The van der Waals surface area contributed by atoms with Gasteiger partial charge >= 0.3 is 19.8 Å².